The van der Waals surface area contributed by atoms with Crippen LogP contribution in [0.5, 0.6) is 0 Å². The maximum atomic E-state index is 13.0. The molecule has 4 rings (SSSR count). The minimum absolute atomic E-state index is 0.120. The lowest BCUT2D eigenvalue weighted by molar-refractivity contribution is -0.191. The lowest BCUT2D eigenvalue weighted by Gasteiger charge is -2.61. The Morgan fingerprint density at radius 3 is 2.72 bits per heavy atom. The highest BCUT2D eigenvalue weighted by Crippen LogP contribution is 2.68. The van der Waals surface area contributed by atoms with Crippen LogP contribution in [0.1, 0.15) is 58.8 Å². The molecule has 1 unspecified atom stereocenters. The van der Waals surface area contributed by atoms with Gasteiger partial charge in [-0.2, -0.15) is 0 Å². The van der Waals surface area contributed by atoms with Crippen molar-refractivity contribution in [3.05, 3.63) is 11.6 Å². The summed E-state index contributed by atoms with van der Waals surface area (Å²) >= 11 is 1.53. The number of rotatable bonds is 5. The summed E-state index contributed by atoms with van der Waals surface area (Å²) in [7, 11) is 0. The van der Waals surface area contributed by atoms with E-state index in [4.69, 9.17) is 4.74 Å². The third-order valence-corrected chi connectivity index (χ3v) is 9.39. The van der Waals surface area contributed by atoms with Crippen molar-refractivity contribution in [2.45, 2.75) is 70.5 Å². The average Bonchev–Trinajstić information content (AvgIpc) is 2.98. The van der Waals surface area contributed by atoms with Gasteiger partial charge in [0.2, 0.25) is 0 Å². The largest absolute Gasteiger partial charge is 0.393 e. The second kappa shape index (κ2) is 7.47. The Bertz CT molecular complexity index is 735. The predicted octanol–water partition coefficient (Wildman–Crippen LogP) is 3.13. The molecule has 3 fully saturated rings. The smallest absolute Gasteiger partial charge is 0.190 e. The van der Waals surface area contributed by atoms with Gasteiger partial charge in [0.25, 0.3) is 0 Å². The molecule has 5 nitrogen and oxygen atoms in total. The number of carbonyl (C=O) groups is 2. The Labute approximate surface area is 177 Å². The summed E-state index contributed by atoms with van der Waals surface area (Å²) in [5.74, 6) is 1.09. The Hall–Kier alpha value is -0.690. The second-order valence-corrected chi connectivity index (χ2v) is 10.9. The van der Waals surface area contributed by atoms with Gasteiger partial charge in [0.05, 0.1) is 12.0 Å². The van der Waals surface area contributed by atoms with Crippen molar-refractivity contribution in [2.75, 3.05) is 18.8 Å². The van der Waals surface area contributed by atoms with Gasteiger partial charge in [0, 0.05) is 11.8 Å². The van der Waals surface area contributed by atoms with Crippen LogP contribution in [-0.4, -0.2) is 52.3 Å². The molecular formula is C23H34O5S. The summed E-state index contributed by atoms with van der Waals surface area (Å²) in [4.78, 5) is 25.0. The summed E-state index contributed by atoms with van der Waals surface area (Å²) in [5, 5.41) is 21.2. The number of fused-ring (bicyclic) bond motifs is 5. The molecule has 162 valence electrons. The van der Waals surface area contributed by atoms with E-state index in [1.54, 1.807) is 0 Å². The third kappa shape index (κ3) is 2.93. The van der Waals surface area contributed by atoms with E-state index in [2.05, 4.69) is 13.8 Å². The average molecular weight is 423 g/mol. The van der Waals surface area contributed by atoms with E-state index in [-0.39, 0.29) is 28.8 Å². The van der Waals surface area contributed by atoms with Crippen molar-refractivity contribution >= 4 is 23.3 Å². The number of carbonyl (C=O) groups excluding carboxylic acids is 2. The van der Waals surface area contributed by atoms with Gasteiger partial charge in [-0.15, -0.1) is 11.8 Å². The molecule has 2 N–H and O–H groups in total. The molecule has 0 bridgehead atoms. The van der Waals surface area contributed by atoms with E-state index < -0.39 is 23.7 Å². The summed E-state index contributed by atoms with van der Waals surface area (Å²) in [5.41, 5.74) is -0.414. The fourth-order valence-corrected chi connectivity index (χ4v) is 8.06. The number of hydrogen-bond donors (Lipinski definition) is 2. The lowest BCUT2D eigenvalue weighted by atomic mass is 9.45. The maximum Gasteiger partial charge on any atom is 0.190 e. The van der Waals surface area contributed by atoms with Crippen molar-refractivity contribution in [3.8, 4) is 0 Å². The molecule has 0 radical (unpaired) electrons. The van der Waals surface area contributed by atoms with Crippen LogP contribution in [0.25, 0.3) is 0 Å². The van der Waals surface area contributed by atoms with Gasteiger partial charge >= 0.3 is 0 Å². The van der Waals surface area contributed by atoms with E-state index in [0.29, 0.717) is 31.1 Å². The molecular weight excluding hydrogens is 388 g/mol. The van der Waals surface area contributed by atoms with Crippen LogP contribution in [0.4, 0.5) is 0 Å². The van der Waals surface area contributed by atoms with E-state index in [1.165, 1.54) is 17.3 Å². The Kier molecular flexibility index (Phi) is 5.55. The number of ether oxygens (including phenoxy) is 1. The van der Waals surface area contributed by atoms with Gasteiger partial charge in [-0.1, -0.05) is 19.4 Å². The van der Waals surface area contributed by atoms with Crippen LogP contribution in [0.3, 0.4) is 0 Å². The van der Waals surface area contributed by atoms with Crippen LogP contribution in [0.15, 0.2) is 11.6 Å². The minimum Gasteiger partial charge on any atom is -0.393 e. The van der Waals surface area contributed by atoms with Crippen molar-refractivity contribution in [1.82, 2.24) is 0 Å². The van der Waals surface area contributed by atoms with Gasteiger partial charge in [0.15, 0.2) is 11.6 Å². The lowest BCUT2D eigenvalue weighted by Crippen LogP contribution is -2.62. The van der Waals surface area contributed by atoms with Crippen LogP contribution < -0.4 is 0 Å². The fraction of sp³-hybridized carbons (Fsp3) is 0.826. The highest BCUT2D eigenvalue weighted by atomic mass is 32.2. The van der Waals surface area contributed by atoms with Gasteiger partial charge in [0.1, 0.15) is 12.2 Å². The highest BCUT2D eigenvalue weighted by molar-refractivity contribution is 7.98. The second-order valence-electron chi connectivity index (χ2n) is 10.1. The van der Waals surface area contributed by atoms with Gasteiger partial charge in [-0.3, -0.25) is 9.59 Å². The summed E-state index contributed by atoms with van der Waals surface area (Å²) in [6, 6.07) is 0. The van der Waals surface area contributed by atoms with Crippen LogP contribution in [0, 0.1) is 28.6 Å². The Morgan fingerprint density at radius 2 is 2.03 bits per heavy atom. The Morgan fingerprint density at radius 1 is 1.28 bits per heavy atom. The number of hydrogen-bond acceptors (Lipinski definition) is 6. The summed E-state index contributed by atoms with van der Waals surface area (Å²) in [6.45, 7) is 3.82. The zero-order valence-electron chi connectivity index (χ0n) is 17.8. The molecule has 0 spiro atoms. The van der Waals surface area contributed by atoms with Crippen molar-refractivity contribution in [3.63, 3.8) is 0 Å². The number of ketones is 2. The maximum absolute atomic E-state index is 13.0. The molecule has 6 heteroatoms. The van der Waals surface area contributed by atoms with Crippen molar-refractivity contribution in [2.24, 2.45) is 28.6 Å². The van der Waals surface area contributed by atoms with Crippen LogP contribution >= 0.6 is 11.8 Å². The first-order chi connectivity index (χ1) is 13.7. The molecule has 0 aliphatic heterocycles. The number of allylic oxidation sites excluding steroid dienone is 1. The van der Waals surface area contributed by atoms with Crippen molar-refractivity contribution in [1.29, 1.82) is 0 Å². The summed E-state index contributed by atoms with van der Waals surface area (Å²) < 4.78 is 6.23. The molecule has 0 aromatic heterocycles. The SMILES string of the molecule is CSCO[C@]1(C(=O)CO)CC[C@H]2[C@@H]3CCC4=CC(=O)CC[C@]4(C)[C@H]3C(O)C[C@@]21C. The fourth-order valence-electron chi connectivity index (χ4n) is 7.74. The normalized spacial score (nSPS) is 46.5. The van der Waals surface area contributed by atoms with E-state index in [0.717, 1.165) is 25.7 Å². The molecule has 0 amide bonds. The molecule has 0 saturated heterocycles. The number of thioether (sulfide) groups is 1. The van der Waals surface area contributed by atoms with Crippen molar-refractivity contribution < 1.29 is 24.5 Å². The number of aliphatic hydroxyl groups is 2. The quantitative estimate of drug-likeness (QED) is 0.663. The van der Waals surface area contributed by atoms with Gasteiger partial charge in [-0.05, 0) is 74.0 Å². The van der Waals surface area contributed by atoms with E-state index in [9.17, 15) is 19.8 Å². The summed E-state index contributed by atoms with van der Waals surface area (Å²) in [6.07, 6.45) is 8.47. The number of aliphatic hydroxyl groups excluding tert-OH is 2. The van der Waals surface area contributed by atoms with Crippen LogP contribution in [-0.2, 0) is 14.3 Å². The first-order valence-electron chi connectivity index (χ1n) is 10.9. The third-order valence-electron chi connectivity index (χ3n) is 9.03. The number of Topliss-reactive ketones (excluding diaryl/α,β-unsaturated/α-hetero) is 1. The monoisotopic (exact) mass is 422 g/mol. The standard InChI is InChI=1S/C23H34O5S/c1-21-8-6-15(25)10-14(21)4-5-16-17-7-9-23(19(27)12-24,28-13-29-3)22(17,2)11-18(26)20(16)21/h10,16-18,20,24,26H,4-9,11-13H2,1-3H3/t16-,17-,18?,20+,21-,22-,23-/m0/s1. The zero-order chi connectivity index (χ0) is 21.0. The molecule has 29 heavy (non-hydrogen) atoms. The topological polar surface area (TPSA) is 83.8 Å². The molecule has 0 aromatic carbocycles. The Balaban J connectivity index is 1.73. The molecule has 3 saturated carbocycles. The first kappa shape index (κ1) is 21.5. The molecule has 7 atom stereocenters. The zero-order valence-corrected chi connectivity index (χ0v) is 18.6. The molecule has 4 aliphatic carbocycles. The van der Waals surface area contributed by atoms with Crippen LogP contribution in [0.2, 0.25) is 0 Å². The molecule has 0 aromatic rings. The highest BCUT2D eigenvalue weighted by Gasteiger charge is 2.69. The molecule has 4 aliphatic rings. The van der Waals surface area contributed by atoms with Gasteiger partial charge in [-0.25, -0.2) is 0 Å². The van der Waals surface area contributed by atoms with E-state index in [1.807, 2.05) is 12.3 Å². The first-order valence-corrected chi connectivity index (χ1v) is 12.3. The minimum atomic E-state index is -1.01. The van der Waals surface area contributed by atoms with E-state index >= 15 is 0 Å². The molecule has 0 heterocycles. The predicted molar refractivity (Wildman–Crippen MR) is 112 cm³/mol. The van der Waals surface area contributed by atoms with Gasteiger partial charge < -0.3 is 14.9 Å².